The zero-order chi connectivity index (χ0) is 14.8. The number of amides is 1. The van der Waals surface area contributed by atoms with E-state index in [1.54, 1.807) is 10.9 Å². The van der Waals surface area contributed by atoms with E-state index in [2.05, 4.69) is 25.6 Å². The number of H-pyrrole nitrogens is 1. The zero-order valence-corrected chi connectivity index (χ0v) is 12.3. The van der Waals surface area contributed by atoms with Crippen molar-refractivity contribution in [3.63, 3.8) is 0 Å². The van der Waals surface area contributed by atoms with Gasteiger partial charge in [0.25, 0.3) is 5.91 Å². The van der Waals surface area contributed by atoms with Crippen LogP contribution in [0.3, 0.4) is 0 Å². The Labute approximate surface area is 117 Å². The van der Waals surface area contributed by atoms with Gasteiger partial charge in [0.2, 0.25) is 5.82 Å². The summed E-state index contributed by atoms with van der Waals surface area (Å²) >= 11 is 0. The Morgan fingerprint density at radius 1 is 1.45 bits per heavy atom. The Kier molecular flexibility index (Phi) is 3.87. The number of aromatic amines is 1. The standard InChI is InChI=1S/C13H20N6O/c1-9-7-15-19(8-9)6-5-14-11(20)10-16-12(18-17-10)13(2,3)4/h7-8H,5-6H2,1-4H3,(H,14,20)(H,16,17,18). The van der Waals surface area contributed by atoms with E-state index in [9.17, 15) is 4.79 Å². The van der Waals surface area contributed by atoms with E-state index in [1.165, 1.54) is 0 Å². The summed E-state index contributed by atoms with van der Waals surface area (Å²) in [6.45, 7) is 9.11. The third-order valence-electron chi connectivity index (χ3n) is 2.79. The van der Waals surface area contributed by atoms with E-state index in [0.717, 1.165) is 5.56 Å². The number of nitrogens with one attached hydrogen (secondary N) is 2. The molecule has 0 bridgehead atoms. The molecule has 0 radical (unpaired) electrons. The number of aromatic nitrogens is 5. The van der Waals surface area contributed by atoms with Gasteiger partial charge in [0.1, 0.15) is 5.82 Å². The summed E-state index contributed by atoms with van der Waals surface area (Å²) in [5.41, 5.74) is 0.943. The molecule has 0 saturated heterocycles. The summed E-state index contributed by atoms with van der Waals surface area (Å²) in [7, 11) is 0. The highest BCUT2D eigenvalue weighted by Gasteiger charge is 2.20. The number of rotatable bonds is 4. The monoisotopic (exact) mass is 276 g/mol. The van der Waals surface area contributed by atoms with E-state index in [1.807, 2.05) is 33.9 Å². The summed E-state index contributed by atoms with van der Waals surface area (Å²) in [5.74, 6) is 0.595. The molecule has 7 nitrogen and oxygen atoms in total. The Bertz CT molecular complexity index is 592. The number of carbonyl (C=O) groups is 1. The summed E-state index contributed by atoms with van der Waals surface area (Å²) in [6, 6.07) is 0. The third kappa shape index (κ3) is 3.43. The van der Waals surface area contributed by atoms with Crippen LogP contribution in [0.5, 0.6) is 0 Å². The summed E-state index contributed by atoms with van der Waals surface area (Å²) < 4.78 is 1.79. The highest BCUT2D eigenvalue weighted by atomic mass is 16.2. The van der Waals surface area contributed by atoms with Crippen molar-refractivity contribution in [2.24, 2.45) is 0 Å². The van der Waals surface area contributed by atoms with Crippen molar-refractivity contribution >= 4 is 5.91 Å². The maximum absolute atomic E-state index is 11.9. The van der Waals surface area contributed by atoms with Gasteiger partial charge in [-0.3, -0.25) is 14.6 Å². The highest BCUT2D eigenvalue weighted by Crippen LogP contribution is 2.17. The first-order valence-electron chi connectivity index (χ1n) is 6.56. The molecule has 2 N–H and O–H groups in total. The van der Waals surface area contributed by atoms with E-state index in [4.69, 9.17) is 0 Å². The van der Waals surface area contributed by atoms with Crippen LogP contribution in [-0.4, -0.2) is 37.4 Å². The minimum atomic E-state index is -0.277. The lowest BCUT2D eigenvalue weighted by Gasteiger charge is -2.12. The molecule has 2 aromatic heterocycles. The highest BCUT2D eigenvalue weighted by molar-refractivity contribution is 5.90. The molecule has 7 heteroatoms. The molecule has 0 fully saturated rings. The largest absolute Gasteiger partial charge is 0.347 e. The van der Waals surface area contributed by atoms with Crippen LogP contribution in [0.1, 0.15) is 42.8 Å². The molecule has 2 aromatic rings. The van der Waals surface area contributed by atoms with E-state index >= 15 is 0 Å². The van der Waals surface area contributed by atoms with Gasteiger partial charge in [0.05, 0.1) is 12.7 Å². The molecule has 0 unspecified atom stereocenters. The van der Waals surface area contributed by atoms with Gasteiger partial charge in [0.15, 0.2) is 0 Å². The lowest BCUT2D eigenvalue weighted by Crippen LogP contribution is -2.28. The van der Waals surface area contributed by atoms with Gasteiger partial charge in [-0.1, -0.05) is 20.8 Å². The fourth-order valence-corrected chi connectivity index (χ4v) is 1.65. The van der Waals surface area contributed by atoms with Gasteiger partial charge in [-0.15, -0.1) is 5.10 Å². The van der Waals surface area contributed by atoms with Crippen LogP contribution in [0.4, 0.5) is 0 Å². The molecular formula is C13H20N6O. The fourth-order valence-electron chi connectivity index (χ4n) is 1.65. The first-order chi connectivity index (χ1) is 9.36. The normalized spacial score (nSPS) is 11.6. The molecule has 0 aliphatic rings. The van der Waals surface area contributed by atoms with E-state index < -0.39 is 0 Å². The molecule has 0 spiro atoms. The smallest absolute Gasteiger partial charge is 0.291 e. The maximum Gasteiger partial charge on any atom is 0.291 e. The lowest BCUT2D eigenvalue weighted by molar-refractivity contribution is 0.0942. The molecular weight excluding hydrogens is 256 g/mol. The number of hydrogen-bond donors (Lipinski definition) is 2. The van der Waals surface area contributed by atoms with Gasteiger partial charge in [-0.05, 0) is 12.5 Å². The van der Waals surface area contributed by atoms with Crippen LogP contribution in [-0.2, 0) is 12.0 Å². The topological polar surface area (TPSA) is 88.5 Å². The number of hydrogen-bond acceptors (Lipinski definition) is 4. The first-order valence-corrected chi connectivity index (χ1v) is 6.56. The quantitative estimate of drug-likeness (QED) is 0.873. The van der Waals surface area contributed by atoms with Crippen LogP contribution in [0.2, 0.25) is 0 Å². The predicted molar refractivity (Wildman–Crippen MR) is 74.4 cm³/mol. The second kappa shape index (κ2) is 5.44. The van der Waals surface area contributed by atoms with Crippen molar-refractivity contribution < 1.29 is 4.79 Å². The second-order valence-electron chi connectivity index (χ2n) is 5.79. The Morgan fingerprint density at radius 3 is 2.75 bits per heavy atom. The average Bonchev–Trinajstić information content (AvgIpc) is 2.97. The van der Waals surface area contributed by atoms with Crippen LogP contribution in [0.25, 0.3) is 0 Å². The van der Waals surface area contributed by atoms with Crippen molar-refractivity contribution in [2.45, 2.75) is 39.7 Å². The van der Waals surface area contributed by atoms with Gasteiger partial charge in [-0.2, -0.15) is 5.10 Å². The van der Waals surface area contributed by atoms with Gasteiger partial charge in [0, 0.05) is 18.2 Å². The molecule has 108 valence electrons. The van der Waals surface area contributed by atoms with Gasteiger partial charge in [-0.25, -0.2) is 4.98 Å². The minimum Gasteiger partial charge on any atom is -0.347 e. The SMILES string of the molecule is Cc1cnn(CCNC(=O)c2n[nH]c(C(C)(C)C)n2)c1. The molecule has 0 aliphatic heterocycles. The average molecular weight is 276 g/mol. The Morgan fingerprint density at radius 2 is 2.20 bits per heavy atom. The van der Waals surface area contributed by atoms with Crippen LogP contribution >= 0.6 is 0 Å². The molecule has 1 amide bonds. The lowest BCUT2D eigenvalue weighted by atomic mass is 9.96. The van der Waals surface area contributed by atoms with Crippen LogP contribution in [0.15, 0.2) is 12.4 Å². The number of carbonyl (C=O) groups excluding carboxylic acids is 1. The third-order valence-corrected chi connectivity index (χ3v) is 2.79. The Balaban J connectivity index is 1.87. The predicted octanol–water partition coefficient (Wildman–Crippen LogP) is 1.04. The van der Waals surface area contributed by atoms with Crippen molar-refractivity contribution in [1.82, 2.24) is 30.3 Å². The molecule has 0 aromatic carbocycles. The molecule has 2 rings (SSSR count). The fraction of sp³-hybridized carbons (Fsp3) is 0.538. The van der Waals surface area contributed by atoms with E-state index in [-0.39, 0.29) is 17.1 Å². The number of nitrogens with zero attached hydrogens (tertiary/aromatic N) is 4. The Hall–Kier alpha value is -2.18. The molecule has 0 aliphatic carbocycles. The molecule has 20 heavy (non-hydrogen) atoms. The molecule has 2 heterocycles. The minimum absolute atomic E-state index is 0.155. The number of aryl methyl sites for hydroxylation is 1. The van der Waals surface area contributed by atoms with Crippen LogP contribution in [0, 0.1) is 6.92 Å². The van der Waals surface area contributed by atoms with Crippen molar-refractivity contribution in [2.75, 3.05) is 6.54 Å². The molecule has 0 saturated carbocycles. The van der Waals surface area contributed by atoms with Gasteiger partial charge < -0.3 is 5.32 Å². The summed E-state index contributed by atoms with van der Waals surface area (Å²) in [5, 5.41) is 13.7. The van der Waals surface area contributed by atoms with Crippen molar-refractivity contribution in [1.29, 1.82) is 0 Å². The summed E-state index contributed by atoms with van der Waals surface area (Å²) in [6.07, 6.45) is 3.71. The summed E-state index contributed by atoms with van der Waals surface area (Å²) in [4.78, 5) is 16.1. The van der Waals surface area contributed by atoms with E-state index in [0.29, 0.717) is 18.9 Å². The van der Waals surface area contributed by atoms with Gasteiger partial charge >= 0.3 is 0 Å². The van der Waals surface area contributed by atoms with Crippen LogP contribution < -0.4 is 5.32 Å². The zero-order valence-electron chi connectivity index (χ0n) is 12.3. The second-order valence-corrected chi connectivity index (χ2v) is 5.79. The molecule has 0 atom stereocenters. The maximum atomic E-state index is 11.9. The first kappa shape index (κ1) is 14.2. The van der Waals surface area contributed by atoms with Crippen molar-refractivity contribution in [3.05, 3.63) is 29.6 Å². The van der Waals surface area contributed by atoms with Crippen molar-refractivity contribution in [3.8, 4) is 0 Å².